The van der Waals surface area contributed by atoms with Crippen LogP contribution in [0.4, 0.5) is 5.82 Å². The van der Waals surface area contributed by atoms with Crippen molar-refractivity contribution < 1.29 is 4.79 Å². The highest BCUT2D eigenvalue weighted by Crippen LogP contribution is 2.26. The van der Waals surface area contributed by atoms with E-state index in [4.69, 9.17) is 0 Å². The zero-order valence-electron chi connectivity index (χ0n) is 10.1. The van der Waals surface area contributed by atoms with Crippen LogP contribution in [0.2, 0.25) is 0 Å². The van der Waals surface area contributed by atoms with Crippen molar-refractivity contribution in [2.75, 3.05) is 18.5 Å². The summed E-state index contributed by atoms with van der Waals surface area (Å²) in [4.78, 5) is 32.0. The maximum atomic E-state index is 11.9. The van der Waals surface area contributed by atoms with E-state index < -0.39 is 0 Å². The van der Waals surface area contributed by atoms with Gasteiger partial charge in [-0.05, 0) is 35.2 Å². The molecule has 18 heavy (non-hydrogen) atoms. The van der Waals surface area contributed by atoms with Gasteiger partial charge in [-0.15, -0.1) is 0 Å². The molecule has 0 spiro atoms. The molecule has 7 heteroatoms. The first-order chi connectivity index (χ1) is 8.65. The Morgan fingerprint density at radius 3 is 3.11 bits per heavy atom. The number of hydrogen-bond acceptors (Lipinski definition) is 4. The molecule has 1 aliphatic rings. The number of halogens is 1. The van der Waals surface area contributed by atoms with E-state index in [2.05, 4.69) is 31.2 Å². The number of aromatic amines is 1. The van der Waals surface area contributed by atoms with E-state index in [1.165, 1.54) is 6.33 Å². The Morgan fingerprint density at radius 2 is 2.39 bits per heavy atom. The lowest BCUT2D eigenvalue weighted by Crippen LogP contribution is -2.49. The normalized spacial score (nSPS) is 19.7. The van der Waals surface area contributed by atoms with Crippen LogP contribution >= 0.6 is 15.9 Å². The maximum Gasteiger partial charge on any atom is 0.267 e. The van der Waals surface area contributed by atoms with Crippen LogP contribution in [0, 0.1) is 0 Å². The molecule has 0 saturated carbocycles. The molecule has 2 rings (SSSR count). The van der Waals surface area contributed by atoms with Gasteiger partial charge in [0.1, 0.15) is 10.5 Å². The quantitative estimate of drug-likeness (QED) is 0.839. The van der Waals surface area contributed by atoms with Crippen LogP contribution in [0.3, 0.4) is 0 Å². The molecule has 1 saturated heterocycles. The fourth-order valence-electron chi connectivity index (χ4n) is 2.20. The van der Waals surface area contributed by atoms with Crippen LogP contribution in [-0.4, -0.2) is 35.5 Å². The number of piperidine rings is 1. The summed E-state index contributed by atoms with van der Waals surface area (Å²) >= 11 is 3.23. The lowest BCUT2D eigenvalue weighted by molar-refractivity contribution is -0.122. The topological polar surface area (TPSA) is 78.1 Å². The van der Waals surface area contributed by atoms with Crippen LogP contribution in [0.15, 0.2) is 15.6 Å². The third kappa shape index (κ3) is 2.40. The number of likely N-dealkylation sites (N-methyl/N-ethyl adjacent to an activating group) is 1. The van der Waals surface area contributed by atoms with Gasteiger partial charge in [-0.3, -0.25) is 9.59 Å². The molecule has 2 heterocycles. The number of H-pyrrole nitrogens is 1. The Balaban J connectivity index is 2.37. The van der Waals surface area contributed by atoms with Gasteiger partial charge >= 0.3 is 0 Å². The summed E-state index contributed by atoms with van der Waals surface area (Å²) in [5, 5.41) is 2.66. The van der Waals surface area contributed by atoms with Crippen LogP contribution in [0.25, 0.3) is 0 Å². The van der Waals surface area contributed by atoms with E-state index >= 15 is 0 Å². The largest absolute Gasteiger partial charge is 0.357 e. The van der Waals surface area contributed by atoms with Crippen molar-refractivity contribution in [3.8, 4) is 0 Å². The minimum Gasteiger partial charge on any atom is -0.357 e. The Morgan fingerprint density at radius 1 is 1.61 bits per heavy atom. The molecule has 1 aromatic heterocycles. The average molecular weight is 315 g/mol. The fraction of sp³-hybridized carbons (Fsp3) is 0.545. The van der Waals surface area contributed by atoms with E-state index in [1.54, 1.807) is 7.05 Å². The van der Waals surface area contributed by atoms with Crippen molar-refractivity contribution in [1.82, 2.24) is 15.3 Å². The van der Waals surface area contributed by atoms with Gasteiger partial charge in [0.2, 0.25) is 5.91 Å². The predicted molar refractivity (Wildman–Crippen MR) is 71.6 cm³/mol. The fourth-order valence-corrected chi connectivity index (χ4v) is 2.64. The number of hydrogen-bond donors (Lipinski definition) is 2. The molecule has 0 bridgehead atoms. The van der Waals surface area contributed by atoms with Gasteiger partial charge in [0.25, 0.3) is 5.56 Å². The number of nitrogens with one attached hydrogen (secondary N) is 2. The summed E-state index contributed by atoms with van der Waals surface area (Å²) in [7, 11) is 1.62. The summed E-state index contributed by atoms with van der Waals surface area (Å²) < 4.78 is 0.376. The Hall–Kier alpha value is -1.37. The number of carbonyl (C=O) groups is 1. The molecule has 1 aliphatic heterocycles. The lowest BCUT2D eigenvalue weighted by Gasteiger charge is -2.35. The van der Waals surface area contributed by atoms with Crippen molar-refractivity contribution in [2.45, 2.75) is 25.3 Å². The standard InChI is InChI=1S/C11H15BrN4O2/c1-13-10(17)7-4-2-3-5-16(7)9-8(12)11(18)15-6-14-9/h6-7H,2-5H2,1H3,(H,13,17)(H,14,15,18). The van der Waals surface area contributed by atoms with Crippen molar-refractivity contribution in [2.24, 2.45) is 0 Å². The summed E-state index contributed by atoms with van der Waals surface area (Å²) in [6.07, 6.45) is 4.14. The summed E-state index contributed by atoms with van der Waals surface area (Å²) in [5.41, 5.74) is -0.235. The van der Waals surface area contributed by atoms with E-state index in [0.717, 1.165) is 25.8 Å². The molecule has 98 valence electrons. The second-order valence-electron chi connectivity index (χ2n) is 4.19. The van der Waals surface area contributed by atoms with E-state index in [-0.39, 0.29) is 17.5 Å². The predicted octanol–water partition coefficient (Wildman–Crippen LogP) is 0.637. The second-order valence-corrected chi connectivity index (χ2v) is 4.98. The molecule has 0 aromatic carbocycles. The minimum atomic E-state index is -0.255. The molecule has 1 atom stereocenters. The van der Waals surface area contributed by atoms with Gasteiger partial charge in [-0.2, -0.15) is 0 Å². The monoisotopic (exact) mass is 314 g/mol. The minimum absolute atomic E-state index is 0.0383. The zero-order chi connectivity index (χ0) is 13.1. The first-order valence-corrected chi connectivity index (χ1v) is 6.66. The number of amides is 1. The van der Waals surface area contributed by atoms with Crippen molar-refractivity contribution in [3.05, 3.63) is 21.2 Å². The molecule has 2 N–H and O–H groups in total. The van der Waals surface area contributed by atoms with E-state index in [1.807, 2.05) is 4.90 Å². The number of rotatable bonds is 2. The van der Waals surface area contributed by atoms with Gasteiger partial charge in [-0.1, -0.05) is 0 Å². The maximum absolute atomic E-state index is 11.9. The zero-order valence-corrected chi connectivity index (χ0v) is 11.7. The number of carbonyl (C=O) groups excluding carboxylic acids is 1. The third-order valence-electron chi connectivity index (χ3n) is 3.10. The van der Waals surface area contributed by atoms with Crippen molar-refractivity contribution in [1.29, 1.82) is 0 Å². The molecule has 1 aromatic rings. The van der Waals surface area contributed by atoms with Crippen LogP contribution in [0.1, 0.15) is 19.3 Å². The highest BCUT2D eigenvalue weighted by molar-refractivity contribution is 9.10. The Bertz CT molecular complexity index is 502. The van der Waals surface area contributed by atoms with Crippen LogP contribution < -0.4 is 15.8 Å². The smallest absolute Gasteiger partial charge is 0.267 e. The van der Waals surface area contributed by atoms with Crippen molar-refractivity contribution >= 4 is 27.7 Å². The summed E-state index contributed by atoms with van der Waals surface area (Å²) in [5.74, 6) is 0.496. The van der Waals surface area contributed by atoms with Gasteiger partial charge < -0.3 is 15.2 Å². The van der Waals surface area contributed by atoms with Gasteiger partial charge in [0, 0.05) is 13.6 Å². The lowest BCUT2D eigenvalue weighted by atomic mass is 10.0. The average Bonchev–Trinajstić information content (AvgIpc) is 2.41. The van der Waals surface area contributed by atoms with Crippen LogP contribution in [0.5, 0.6) is 0 Å². The Labute approximate surface area is 113 Å². The Kier molecular flexibility index (Phi) is 4.00. The third-order valence-corrected chi connectivity index (χ3v) is 3.82. The van der Waals surface area contributed by atoms with Gasteiger partial charge in [0.05, 0.1) is 6.33 Å². The highest BCUT2D eigenvalue weighted by atomic mass is 79.9. The molecule has 1 fully saturated rings. The first-order valence-electron chi connectivity index (χ1n) is 5.86. The van der Waals surface area contributed by atoms with Gasteiger partial charge in [-0.25, -0.2) is 4.98 Å². The van der Waals surface area contributed by atoms with E-state index in [9.17, 15) is 9.59 Å². The SMILES string of the molecule is CNC(=O)C1CCCCN1c1nc[nH]c(=O)c1Br. The number of nitrogens with zero attached hydrogens (tertiary/aromatic N) is 2. The van der Waals surface area contributed by atoms with Gasteiger partial charge in [0.15, 0.2) is 5.82 Å². The second kappa shape index (κ2) is 5.51. The molecule has 0 radical (unpaired) electrons. The summed E-state index contributed by atoms with van der Waals surface area (Å²) in [6, 6.07) is -0.255. The molecular formula is C11H15BrN4O2. The molecule has 0 aliphatic carbocycles. The molecule has 6 nitrogen and oxygen atoms in total. The molecule has 1 amide bonds. The van der Waals surface area contributed by atoms with Crippen LogP contribution in [-0.2, 0) is 4.79 Å². The number of aromatic nitrogens is 2. The van der Waals surface area contributed by atoms with E-state index in [0.29, 0.717) is 10.3 Å². The first kappa shape index (κ1) is 13.1. The van der Waals surface area contributed by atoms with Crippen molar-refractivity contribution in [3.63, 3.8) is 0 Å². The molecule has 1 unspecified atom stereocenters. The molecular weight excluding hydrogens is 300 g/mol. The summed E-state index contributed by atoms with van der Waals surface area (Å²) in [6.45, 7) is 0.729. The highest BCUT2D eigenvalue weighted by Gasteiger charge is 2.30. The number of anilines is 1.